The van der Waals surface area contributed by atoms with E-state index in [4.69, 9.17) is 0 Å². The van der Waals surface area contributed by atoms with Crippen LogP contribution in [0.1, 0.15) is 11.1 Å². The van der Waals surface area contributed by atoms with Crippen molar-refractivity contribution in [3.63, 3.8) is 0 Å². The molecule has 0 saturated carbocycles. The normalized spacial score (nSPS) is 14.4. The molecule has 1 fully saturated rings. The Morgan fingerprint density at radius 1 is 1.20 bits per heavy atom. The third-order valence-electron chi connectivity index (χ3n) is 5.43. The minimum absolute atomic E-state index is 0.0216. The van der Waals surface area contributed by atoms with Crippen LogP contribution in [-0.4, -0.2) is 50.6 Å². The number of nitrogens with one attached hydrogen (secondary N) is 1. The largest absolute Gasteiger partial charge is 0.381 e. The van der Waals surface area contributed by atoms with Gasteiger partial charge in [0.25, 0.3) is 0 Å². The summed E-state index contributed by atoms with van der Waals surface area (Å²) in [5, 5.41) is 4.14. The number of alkyl halides is 1. The van der Waals surface area contributed by atoms with Gasteiger partial charge in [-0.2, -0.15) is 8.42 Å². The lowest BCUT2D eigenvalue weighted by Crippen LogP contribution is -2.48. The summed E-state index contributed by atoms with van der Waals surface area (Å²) in [6.07, 6.45) is -0.0877. The van der Waals surface area contributed by atoms with E-state index in [1.54, 1.807) is 0 Å². The van der Waals surface area contributed by atoms with Gasteiger partial charge in [0, 0.05) is 37.2 Å². The fraction of sp³-hybridized carbons (Fsp3) is 0.273. The number of carbonyl (C=O) groups is 1. The number of anilines is 2. The molecule has 1 aromatic heterocycles. The van der Waals surface area contributed by atoms with Crippen LogP contribution >= 0.6 is 11.3 Å². The number of hydrogen-bond acceptors (Lipinski definition) is 8. The van der Waals surface area contributed by atoms with Crippen molar-refractivity contribution >= 4 is 39.3 Å². The molecule has 2 heterocycles. The monoisotopic (exact) mass is 526 g/mol. The molecule has 0 unspecified atom stereocenters. The molecule has 2 aromatic carbocycles. The maximum absolute atomic E-state index is 14.9. The van der Waals surface area contributed by atoms with Crippen molar-refractivity contribution in [3.05, 3.63) is 70.1 Å². The molecule has 3 aromatic rings. The van der Waals surface area contributed by atoms with Crippen molar-refractivity contribution in [2.24, 2.45) is 0 Å². The highest BCUT2D eigenvalue weighted by molar-refractivity contribution is 7.92. The third-order valence-corrected chi connectivity index (χ3v) is 7.62. The maximum atomic E-state index is 14.9. The van der Waals surface area contributed by atoms with Crippen LogP contribution < -0.4 is 9.79 Å². The van der Waals surface area contributed by atoms with Gasteiger partial charge in [0.2, 0.25) is 0 Å². The Morgan fingerprint density at radius 3 is 2.49 bits per heavy atom. The summed E-state index contributed by atoms with van der Waals surface area (Å²) in [7, 11) is -4.94. The van der Waals surface area contributed by atoms with Crippen LogP contribution in [0.2, 0.25) is 0 Å². The molecule has 13 heteroatoms. The number of rotatable bonds is 11. The first kappa shape index (κ1) is 24.9. The zero-order chi connectivity index (χ0) is 25.0. The van der Waals surface area contributed by atoms with E-state index in [1.165, 1.54) is 10.9 Å². The van der Waals surface area contributed by atoms with Gasteiger partial charge in [0.05, 0.1) is 5.51 Å². The number of likely N-dealkylation sites (tertiary alicyclic amines) is 1. The minimum Gasteiger partial charge on any atom is -0.381 e. The Morgan fingerprint density at radius 2 is 1.89 bits per heavy atom. The van der Waals surface area contributed by atoms with Gasteiger partial charge in [-0.25, -0.2) is 18.2 Å². The molecule has 0 radical (unpaired) electrons. The first-order chi connectivity index (χ1) is 16.8. The summed E-state index contributed by atoms with van der Waals surface area (Å²) >= 11 is 1.00. The van der Waals surface area contributed by atoms with Crippen molar-refractivity contribution in [3.8, 4) is 0 Å². The molecule has 0 bridgehead atoms. The van der Waals surface area contributed by atoms with Crippen LogP contribution in [0.3, 0.4) is 0 Å². The molecule has 1 aliphatic rings. The average Bonchev–Trinajstić information content (AvgIpc) is 3.32. The van der Waals surface area contributed by atoms with Crippen molar-refractivity contribution < 1.29 is 31.2 Å². The molecule has 0 aliphatic carbocycles. The molecule has 1 N–H and O–H groups in total. The number of hydrogen-bond donors (Lipinski definition) is 1. The van der Waals surface area contributed by atoms with Crippen LogP contribution in [0.4, 0.5) is 24.7 Å². The highest BCUT2D eigenvalue weighted by atomic mass is 32.2. The first-order valence-electron chi connectivity index (χ1n) is 10.5. The lowest BCUT2D eigenvalue weighted by Gasteiger charge is -2.34. The number of halogens is 3. The van der Waals surface area contributed by atoms with E-state index in [-0.39, 0.29) is 29.0 Å². The third kappa shape index (κ3) is 5.57. The van der Waals surface area contributed by atoms with Gasteiger partial charge < -0.3 is 10.2 Å². The smallest absolute Gasteiger partial charge is 0.322 e. The molecular formula is C22H21F3N4O4S2. The summed E-state index contributed by atoms with van der Waals surface area (Å²) < 4.78 is 68.5. The van der Waals surface area contributed by atoms with Crippen molar-refractivity contribution in [1.82, 2.24) is 9.88 Å². The highest BCUT2D eigenvalue weighted by Crippen LogP contribution is 2.29. The molecule has 35 heavy (non-hydrogen) atoms. The SMILES string of the molecule is O=CON(c1cscn1)S(=O)(=O)c1c(F)cc(NCc2ccccc2CCN2CC(F)C2)cc1F. The van der Waals surface area contributed by atoms with Gasteiger partial charge in [0.15, 0.2) is 10.7 Å². The number of carbonyl (C=O) groups excluding carboxylic acids is 1. The Kier molecular flexibility index (Phi) is 7.57. The maximum Gasteiger partial charge on any atom is 0.322 e. The Labute approximate surface area is 204 Å². The molecule has 4 rings (SSSR count). The van der Waals surface area contributed by atoms with Crippen molar-refractivity contribution in [2.45, 2.75) is 24.0 Å². The summed E-state index contributed by atoms with van der Waals surface area (Å²) in [6, 6.07) is 9.20. The zero-order valence-corrected chi connectivity index (χ0v) is 19.9. The van der Waals surface area contributed by atoms with E-state index in [9.17, 15) is 26.4 Å². The highest BCUT2D eigenvalue weighted by Gasteiger charge is 2.34. The quantitative estimate of drug-likeness (QED) is 0.302. The van der Waals surface area contributed by atoms with Crippen molar-refractivity contribution in [1.29, 1.82) is 0 Å². The van der Waals surface area contributed by atoms with Crippen LogP contribution in [-0.2, 0) is 32.6 Å². The van der Waals surface area contributed by atoms with Gasteiger partial charge >= 0.3 is 16.5 Å². The lowest BCUT2D eigenvalue weighted by atomic mass is 10.0. The number of nitrogens with zero attached hydrogens (tertiary/aromatic N) is 3. The molecule has 0 amide bonds. The van der Waals surface area contributed by atoms with E-state index in [0.717, 1.165) is 34.6 Å². The predicted octanol–water partition coefficient (Wildman–Crippen LogP) is 3.51. The van der Waals surface area contributed by atoms with Gasteiger partial charge in [-0.15, -0.1) is 11.3 Å². The second kappa shape index (κ2) is 10.6. The Balaban J connectivity index is 1.50. The van der Waals surface area contributed by atoms with Gasteiger partial charge in [0.1, 0.15) is 17.8 Å². The van der Waals surface area contributed by atoms with E-state index in [2.05, 4.69) is 15.1 Å². The zero-order valence-electron chi connectivity index (χ0n) is 18.2. The van der Waals surface area contributed by atoms with E-state index in [1.807, 2.05) is 29.2 Å². The van der Waals surface area contributed by atoms with Crippen LogP contribution in [0.5, 0.6) is 0 Å². The number of thiazole rings is 1. The fourth-order valence-electron chi connectivity index (χ4n) is 3.70. The molecule has 1 saturated heterocycles. The number of benzene rings is 2. The summed E-state index contributed by atoms with van der Waals surface area (Å²) in [5.41, 5.74) is 3.18. The first-order valence-corrected chi connectivity index (χ1v) is 12.9. The van der Waals surface area contributed by atoms with E-state index in [0.29, 0.717) is 26.1 Å². The second-order valence-corrected chi connectivity index (χ2v) is 10.2. The van der Waals surface area contributed by atoms with E-state index < -0.39 is 32.7 Å². The molecule has 186 valence electrons. The van der Waals surface area contributed by atoms with Crippen LogP contribution in [0, 0.1) is 11.6 Å². The van der Waals surface area contributed by atoms with Gasteiger partial charge in [-0.3, -0.25) is 9.69 Å². The standard InChI is InChI=1S/C22H21F3N4O4S2/c23-17-10-28(11-17)6-5-15-3-1-2-4-16(15)9-26-18-7-19(24)22(20(25)8-18)35(31,32)29(33-14-30)21-12-34-13-27-21/h1-4,7-8,12-14,17,26H,5-6,9-11H2. The number of aromatic nitrogens is 1. The minimum atomic E-state index is -4.94. The van der Waals surface area contributed by atoms with E-state index >= 15 is 0 Å². The lowest BCUT2D eigenvalue weighted by molar-refractivity contribution is -0.128. The topological polar surface area (TPSA) is 91.8 Å². The Hall–Kier alpha value is -3.16. The molecular weight excluding hydrogens is 505 g/mol. The predicted molar refractivity (Wildman–Crippen MR) is 124 cm³/mol. The van der Waals surface area contributed by atoms with Crippen LogP contribution in [0.25, 0.3) is 0 Å². The molecule has 0 atom stereocenters. The average molecular weight is 527 g/mol. The number of sulfonamides is 1. The molecule has 8 nitrogen and oxygen atoms in total. The summed E-state index contributed by atoms with van der Waals surface area (Å²) in [5.74, 6) is -3.05. The fourth-order valence-corrected chi connectivity index (χ4v) is 5.55. The van der Waals surface area contributed by atoms with Gasteiger partial charge in [-0.1, -0.05) is 28.7 Å². The summed E-state index contributed by atoms with van der Waals surface area (Å²) in [6.45, 7) is 1.59. The Bertz CT molecular complexity index is 1260. The second-order valence-electron chi connectivity index (χ2n) is 7.78. The molecule has 1 aliphatic heterocycles. The summed E-state index contributed by atoms with van der Waals surface area (Å²) in [4.78, 5) is 19.7. The van der Waals surface area contributed by atoms with Gasteiger partial charge in [-0.05, 0) is 29.7 Å². The van der Waals surface area contributed by atoms with Crippen LogP contribution in [0.15, 0.2) is 52.2 Å². The van der Waals surface area contributed by atoms with Crippen molar-refractivity contribution in [2.75, 3.05) is 29.4 Å². The molecule has 0 spiro atoms.